The van der Waals surface area contributed by atoms with Gasteiger partial charge in [-0.05, 0) is 31.2 Å². The van der Waals surface area contributed by atoms with Crippen molar-refractivity contribution in [3.05, 3.63) is 53.2 Å². The minimum atomic E-state index is -4.37. The second-order valence-electron chi connectivity index (χ2n) is 7.69. The van der Waals surface area contributed by atoms with Gasteiger partial charge in [-0.3, -0.25) is 4.68 Å². The number of nitrogens with one attached hydrogen (secondary N) is 1. The highest BCUT2D eigenvalue weighted by Crippen LogP contribution is 2.39. The standard InChI is InChI=1S/C20H17FN8O4S/c1-10-13-6-12(21)3-4-15(13)29-28(20(30)26-34(29,31)32)9-14-18(16(7-22)27(2)25-14)11-5-17(33-10)19(23)24-8-11/h3-6,8,10H,9H2,1-2H3,(H2,23,24)(H,26,30). The molecule has 1 aromatic carbocycles. The minimum absolute atomic E-state index is 0.00602. The Morgan fingerprint density at radius 3 is 2.85 bits per heavy atom. The van der Waals surface area contributed by atoms with Crippen molar-refractivity contribution in [2.24, 2.45) is 7.05 Å². The Morgan fingerprint density at radius 1 is 1.35 bits per heavy atom. The van der Waals surface area contributed by atoms with Gasteiger partial charge in [-0.1, -0.05) is 0 Å². The number of aromatic nitrogens is 3. The number of pyridine rings is 1. The Balaban J connectivity index is 1.83. The van der Waals surface area contributed by atoms with Crippen LogP contribution in [0.4, 0.5) is 20.7 Å². The zero-order valence-corrected chi connectivity index (χ0v) is 18.7. The molecule has 3 aromatic rings. The molecule has 2 aromatic heterocycles. The maximum atomic E-state index is 14.2. The van der Waals surface area contributed by atoms with Crippen LogP contribution in [0, 0.1) is 17.1 Å². The van der Waals surface area contributed by atoms with E-state index in [9.17, 15) is 22.9 Å². The molecule has 14 heteroatoms. The van der Waals surface area contributed by atoms with Crippen LogP contribution >= 0.6 is 0 Å². The first-order chi connectivity index (χ1) is 16.1. The molecule has 0 radical (unpaired) electrons. The van der Waals surface area contributed by atoms with Crippen LogP contribution in [0.2, 0.25) is 0 Å². The number of rotatable bonds is 0. The molecule has 34 heavy (non-hydrogen) atoms. The summed E-state index contributed by atoms with van der Waals surface area (Å²) in [5.74, 6) is -0.439. The molecule has 1 saturated heterocycles. The molecule has 1 unspecified atom stereocenters. The summed E-state index contributed by atoms with van der Waals surface area (Å²) < 4.78 is 50.1. The summed E-state index contributed by atoms with van der Waals surface area (Å²) in [6.07, 6.45) is 0.521. The average Bonchev–Trinajstić information content (AvgIpc) is 3.20. The third-order valence-electron chi connectivity index (χ3n) is 5.53. The molecule has 0 saturated carbocycles. The van der Waals surface area contributed by atoms with Gasteiger partial charge < -0.3 is 10.5 Å². The van der Waals surface area contributed by atoms with Crippen LogP contribution in [0.5, 0.6) is 5.75 Å². The fraction of sp³-hybridized carbons (Fsp3) is 0.200. The number of anilines is 2. The average molecular weight is 484 g/mol. The normalized spacial score (nSPS) is 18.4. The van der Waals surface area contributed by atoms with Crippen LogP contribution in [0.25, 0.3) is 11.1 Å². The molecular formula is C20H17FN8O4S. The number of urea groups is 1. The van der Waals surface area contributed by atoms with Crippen molar-refractivity contribution in [3.8, 4) is 22.9 Å². The van der Waals surface area contributed by atoms with E-state index in [2.05, 4.69) is 16.2 Å². The highest BCUT2D eigenvalue weighted by molar-refractivity contribution is 7.91. The Kier molecular flexibility index (Phi) is 4.62. The van der Waals surface area contributed by atoms with E-state index in [0.29, 0.717) is 11.1 Å². The van der Waals surface area contributed by atoms with Gasteiger partial charge in [0.1, 0.15) is 23.7 Å². The maximum Gasteiger partial charge on any atom is 0.352 e. The number of benzene rings is 1. The molecule has 3 N–H and O–H groups in total. The summed E-state index contributed by atoms with van der Waals surface area (Å²) in [6.45, 7) is 1.26. The topological polar surface area (TPSA) is 159 Å². The van der Waals surface area contributed by atoms with Crippen LogP contribution in [0.15, 0.2) is 30.5 Å². The number of amides is 2. The molecule has 12 nitrogen and oxygen atoms in total. The third-order valence-corrected chi connectivity index (χ3v) is 6.81. The number of nitrogens with two attached hydrogens (primary N) is 1. The predicted octanol–water partition coefficient (Wildman–Crippen LogP) is 1.72. The van der Waals surface area contributed by atoms with Gasteiger partial charge in [-0.2, -0.15) is 23.2 Å². The fourth-order valence-corrected chi connectivity index (χ4v) is 5.27. The highest BCUT2D eigenvalue weighted by Gasteiger charge is 2.44. The van der Waals surface area contributed by atoms with Crippen molar-refractivity contribution in [3.63, 3.8) is 0 Å². The van der Waals surface area contributed by atoms with Crippen LogP contribution in [-0.2, 0) is 23.8 Å². The van der Waals surface area contributed by atoms with E-state index in [1.165, 1.54) is 16.9 Å². The quantitative estimate of drug-likeness (QED) is 0.488. The number of carbonyl (C=O) groups is 1. The predicted molar refractivity (Wildman–Crippen MR) is 116 cm³/mol. The summed E-state index contributed by atoms with van der Waals surface area (Å²) in [4.78, 5) is 16.9. The van der Waals surface area contributed by atoms with Gasteiger partial charge in [0.25, 0.3) is 0 Å². The molecule has 0 aliphatic carbocycles. The highest BCUT2D eigenvalue weighted by atomic mass is 32.2. The first kappa shape index (κ1) is 21.5. The molecule has 5 rings (SSSR count). The van der Waals surface area contributed by atoms with Crippen molar-refractivity contribution in [1.82, 2.24) is 24.5 Å². The zero-order valence-electron chi connectivity index (χ0n) is 17.9. The first-order valence-electron chi connectivity index (χ1n) is 9.93. The summed E-state index contributed by atoms with van der Waals surface area (Å²) in [5.41, 5.74) is 7.30. The first-order valence-corrected chi connectivity index (χ1v) is 11.4. The van der Waals surface area contributed by atoms with Crippen molar-refractivity contribution in [2.45, 2.75) is 19.6 Å². The summed E-state index contributed by atoms with van der Waals surface area (Å²) in [5, 5.41) is 15.0. The molecule has 1 fully saturated rings. The van der Waals surface area contributed by atoms with Gasteiger partial charge in [-0.25, -0.2) is 23.9 Å². The molecule has 174 valence electrons. The minimum Gasteiger partial charge on any atom is -0.482 e. The summed E-state index contributed by atoms with van der Waals surface area (Å²) >= 11 is 0. The number of hydrogen-bond acceptors (Lipinski definition) is 8. The van der Waals surface area contributed by atoms with E-state index in [-0.39, 0.29) is 40.8 Å². The lowest BCUT2D eigenvalue weighted by Gasteiger charge is -2.29. The van der Waals surface area contributed by atoms with Crippen molar-refractivity contribution >= 4 is 27.7 Å². The molecule has 0 spiro atoms. The lowest BCUT2D eigenvalue weighted by molar-refractivity contribution is 0.208. The van der Waals surface area contributed by atoms with E-state index in [1.807, 2.05) is 4.72 Å². The van der Waals surface area contributed by atoms with Crippen molar-refractivity contribution in [1.29, 1.82) is 5.26 Å². The number of halogens is 1. The second-order valence-corrected chi connectivity index (χ2v) is 9.19. The Hall–Kier alpha value is -4.38. The Labute approximate surface area is 193 Å². The van der Waals surface area contributed by atoms with Gasteiger partial charge in [0.2, 0.25) is 0 Å². The Morgan fingerprint density at radius 2 is 2.12 bits per heavy atom. The molecule has 2 aliphatic heterocycles. The van der Waals surface area contributed by atoms with E-state index >= 15 is 0 Å². The molecule has 1 atom stereocenters. The number of fused-ring (bicyclic) bond motifs is 7. The molecule has 2 aliphatic rings. The van der Waals surface area contributed by atoms with Crippen molar-refractivity contribution < 1.29 is 22.3 Å². The maximum absolute atomic E-state index is 14.2. The van der Waals surface area contributed by atoms with Crippen LogP contribution in [-0.4, -0.2) is 34.2 Å². The molecular weight excluding hydrogens is 467 g/mol. The van der Waals surface area contributed by atoms with Gasteiger partial charge in [-0.15, -0.1) is 0 Å². The number of nitrogens with zero attached hydrogens (tertiary/aromatic N) is 6. The van der Waals surface area contributed by atoms with E-state index < -0.39 is 28.2 Å². The molecule has 2 amide bonds. The summed E-state index contributed by atoms with van der Waals surface area (Å²) in [6, 6.07) is 6.13. The third kappa shape index (κ3) is 3.17. The molecule has 2 bridgehead atoms. The SMILES string of the molecule is CC1Oc2cc(cnc2N)-c2c(nn(C)c2C#N)CN2C(=O)NS(=O)(=O)N2c2ccc(F)cc21. The number of carbonyl (C=O) groups excluding carboxylic acids is 1. The second kappa shape index (κ2) is 7.32. The number of hydrazine groups is 1. The molecule has 4 heterocycles. The monoisotopic (exact) mass is 484 g/mol. The van der Waals surface area contributed by atoms with Gasteiger partial charge in [0.05, 0.1) is 17.9 Å². The largest absolute Gasteiger partial charge is 0.482 e. The number of hydrogen-bond donors (Lipinski definition) is 2. The van der Waals surface area contributed by atoms with E-state index in [4.69, 9.17) is 10.5 Å². The van der Waals surface area contributed by atoms with E-state index in [1.54, 1.807) is 20.0 Å². The number of aryl methyl sites for hydroxylation is 1. The van der Waals surface area contributed by atoms with Gasteiger partial charge >= 0.3 is 16.2 Å². The smallest absolute Gasteiger partial charge is 0.352 e. The van der Waals surface area contributed by atoms with Crippen LogP contribution in [0.3, 0.4) is 0 Å². The lowest BCUT2D eigenvalue weighted by atomic mass is 10.0. The van der Waals surface area contributed by atoms with Crippen molar-refractivity contribution in [2.75, 3.05) is 10.1 Å². The van der Waals surface area contributed by atoms with Gasteiger partial charge in [0.15, 0.2) is 11.6 Å². The lowest BCUT2D eigenvalue weighted by Crippen LogP contribution is -2.41. The Bertz CT molecular complexity index is 1510. The van der Waals surface area contributed by atoms with Gasteiger partial charge in [0, 0.05) is 29.9 Å². The number of nitriles is 1. The number of ether oxygens (including phenoxy) is 1. The van der Waals surface area contributed by atoms with Crippen LogP contribution in [0.1, 0.15) is 30.0 Å². The summed E-state index contributed by atoms with van der Waals surface area (Å²) in [7, 11) is -2.82. The zero-order chi connectivity index (χ0) is 24.4. The van der Waals surface area contributed by atoms with E-state index in [0.717, 1.165) is 21.6 Å². The fourth-order valence-electron chi connectivity index (χ4n) is 4.04. The number of nitrogen functional groups attached to an aromatic ring is 1. The van der Waals surface area contributed by atoms with Crippen LogP contribution < -0.4 is 19.6 Å².